The molecule has 1 fully saturated rings. The molecule has 0 aliphatic carbocycles. The fourth-order valence-electron chi connectivity index (χ4n) is 2.43. The van der Waals surface area contributed by atoms with Gasteiger partial charge >= 0.3 is 0 Å². The molecule has 0 radical (unpaired) electrons. The van der Waals surface area contributed by atoms with E-state index in [1.807, 2.05) is 6.92 Å². The third-order valence-corrected chi connectivity index (χ3v) is 4.43. The van der Waals surface area contributed by atoms with Crippen molar-refractivity contribution < 1.29 is 4.79 Å². The van der Waals surface area contributed by atoms with E-state index >= 15 is 0 Å². The standard InChI is InChI=1S/C15H30N2O/c1-8-14(5,6)10-17-12(11(3)4)16-15(7,9-2)13(17)18/h11-12,16H,8-10H2,1-7H3. The molecule has 1 N–H and O–H groups in total. The quantitative estimate of drug-likeness (QED) is 0.818. The van der Waals surface area contributed by atoms with Crippen molar-refractivity contribution in [3.63, 3.8) is 0 Å². The molecule has 1 rings (SSSR count). The predicted octanol–water partition coefficient (Wildman–Crippen LogP) is 3.01. The molecule has 2 atom stereocenters. The Morgan fingerprint density at radius 2 is 1.94 bits per heavy atom. The van der Waals surface area contributed by atoms with E-state index in [4.69, 9.17) is 0 Å². The van der Waals surface area contributed by atoms with Crippen LogP contribution in [0.5, 0.6) is 0 Å². The second-order valence-corrected chi connectivity index (χ2v) is 6.97. The van der Waals surface area contributed by atoms with Crippen LogP contribution in [0.1, 0.15) is 61.3 Å². The molecular formula is C15H30N2O. The zero-order valence-corrected chi connectivity index (χ0v) is 13.1. The molecular weight excluding hydrogens is 224 g/mol. The van der Waals surface area contributed by atoms with Crippen LogP contribution in [0.25, 0.3) is 0 Å². The summed E-state index contributed by atoms with van der Waals surface area (Å²) in [7, 11) is 0. The maximum atomic E-state index is 12.6. The summed E-state index contributed by atoms with van der Waals surface area (Å²) in [4.78, 5) is 14.7. The molecule has 3 heteroatoms. The number of amides is 1. The van der Waals surface area contributed by atoms with Gasteiger partial charge in [-0.15, -0.1) is 0 Å². The number of hydrogen-bond donors (Lipinski definition) is 1. The van der Waals surface area contributed by atoms with E-state index in [1.165, 1.54) is 0 Å². The van der Waals surface area contributed by atoms with Gasteiger partial charge < -0.3 is 4.90 Å². The molecule has 0 spiro atoms. The molecule has 2 unspecified atom stereocenters. The summed E-state index contributed by atoms with van der Waals surface area (Å²) in [5.41, 5.74) is -0.192. The zero-order chi connectivity index (χ0) is 14.1. The summed E-state index contributed by atoms with van der Waals surface area (Å²) in [5, 5.41) is 3.54. The maximum Gasteiger partial charge on any atom is 0.243 e. The Bertz CT molecular complexity index is 312. The number of carbonyl (C=O) groups excluding carboxylic acids is 1. The molecule has 0 aromatic carbocycles. The number of hydrogen-bond acceptors (Lipinski definition) is 2. The first kappa shape index (κ1) is 15.5. The van der Waals surface area contributed by atoms with E-state index in [-0.39, 0.29) is 23.0 Å². The van der Waals surface area contributed by atoms with E-state index in [2.05, 4.69) is 51.8 Å². The third kappa shape index (κ3) is 2.87. The van der Waals surface area contributed by atoms with E-state index in [1.54, 1.807) is 0 Å². The average Bonchev–Trinajstić information content (AvgIpc) is 2.55. The minimum absolute atomic E-state index is 0.174. The van der Waals surface area contributed by atoms with Crippen LogP contribution >= 0.6 is 0 Å². The maximum absolute atomic E-state index is 12.6. The fourth-order valence-corrected chi connectivity index (χ4v) is 2.43. The van der Waals surface area contributed by atoms with Crippen molar-refractivity contribution in [1.82, 2.24) is 10.2 Å². The number of nitrogens with zero attached hydrogens (tertiary/aromatic N) is 1. The van der Waals surface area contributed by atoms with Gasteiger partial charge in [0.2, 0.25) is 5.91 Å². The lowest BCUT2D eigenvalue weighted by atomic mass is 9.89. The summed E-state index contributed by atoms with van der Waals surface area (Å²) in [6.07, 6.45) is 2.11. The second-order valence-electron chi connectivity index (χ2n) is 6.97. The molecule has 1 amide bonds. The summed E-state index contributed by atoms with van der Waals surface area (Å²) in [5.74, 6) is 0.709. The highest BCUT2D eigenvalue weighted by Gasteiger charge is 2.48. The summed E-state index contributed by atoms with van der Waals surface area (Å²) >= 11 is 0. The Labute approximate surface area is 112 Å². The lowest BCUT2D eigenvalue weighted by Crippen LogP contribution is -2.45. The Morgan fingerprint density at radius 3 is 2.33 bits per heavy atom. The molecule has 106 valence electrons. The molecule has 0 aromatic heterocycles. The second kappa shape index (κ2) is 5.20. The van der Waals surface area contributed by atoms with Gasteiger partial charge in [0.25, 0.3) is 0 Å². The Morgan fingerprint density at radius 1 is 1.39 bits per heavy atom. The lowest BCUT2D eigenvalue weighted by molar-refractivity contribution is -0.134. The third-order valence-electron chi connectivity index (χ3n) is 4.43. The summed E-state index contributed by atoms with van der Waals surface area (Å²) in [6.45, 7) is 16.0. The van der Waals surface area contributed by atoms with E-state index in [0.29, 0.717) is 5.92 Å². The first-order valence-electron chi connectivity index (χ1n) is 7.25. The lowest BCUT2D eigenvalue weighted by Gasteiger charge is -2.34. The highest BCUT2D eigenvalue weighted by molar-refractivity contribution is 5.88. The molecule has 0 saturated carbocycles. The van der Waals surface area contributed by atoms with Gasteiger partial charge in [-0.25, -0.2) is 0 Å². The zero-order valence-electron chi connectivity index (χ0n) is 13.1. The topological polar surface area (TPSA) is 32.3 Å². The largest absolute Gasteiger partial charge is 0.325 e. The number of carbonyl (C=O) groups is 1. The van der Waals surface area contributed by atoms with Gasteiger partial charge in [-0.05, 0) is 31.1 Å². The average molecular weight is 254 g/mol. The highest BCUT2D eigenvalue weighted by atomic mass is 16.2. The Balaban J connectivity index is 2.96. The molecule has 0 aromatic rings. The Kier molecular flexibility index (Phi) is 4.47. The van der Waals surface area contributed by atoms with Crippen molar-refractivity contribution in [2.24, 2.45) is 11.3 Å². The van der Waals surface area contributed by atoms with Crippen molar-refractivity contribution >= 4 is 5.91 Å². The molecule has 3 nitrogen and oxygen atoms in total. The van der Waals surface area contributed by atoms with Crippen LogP contribution < -0.4 is 5.32 Å². The van der Waals surface area contributed by atoms with Crippen LogP contribution in [-0.2, 0) is 4.79 Å². The van der Waals surface area contributed by atoms with Gasteiger partial charge in [0.1, 0.15) is 0 Å². The number of rotatable bonds is 5. The van der Waals surface area contributed by atoms with Gasteiger partial charge in [0.05, 0.1) is 11.7 Å². The molecule has 1 heterocycles. The van der Waals surface area contributed by atoms with Gasteiger partial charge in [0, 0.05) is 6.54 Å². The minimum atomic E-state index is -0.376. The molecule has 1 saturated heterocycles. The van der Waals surface area contributed by atoms with Crippen molar-refractivity contribution in [1.29, 1.82) is 0 Å². The van der Waals surface area contributed by atoms with Crippen molar-refractivity contribution in [3.05, 3.63) is 0 Å². The highest BCUT2D eigenvalue weighted by Crippen LogP contribution is 2.31. The molecule has 1 aliphatic rings. The van der Waals surface area contributed by atoms with Gasteiger partial charge in [-0.2, -0.15) is 0 Å². The first-order valence-corrected chi connectivity index (χ1v) is 7.25. The van der Waals surface area contributed by atoms with Crippen molar-refractivity contribution in [3.8, 4) is 0 Å². The molecule has 1 aliphatic heterocycles. The van der Waals surface area contributed by atoms with Crippen LogP contribution in [-0.4, -0.2) is 29.1 Å². The van der Waals surface area contributed by atoms with Gasteiger partial charge in [-0.3, -0.25) is 10.1 Å². The molecule has 0 bridgehead atoms. The number of nitrogens with one attached hydrogen (secondary N) is 1. The van der Waals surface area contributed by atoms with Crippen LogP contribution in [0.4, 0.5) is 0 Å². The van der Waals surface area contributed by atoms with Crippen LogP contribution in [0, 0.1) is 11.3 Å². The van der Waals surface area contributed by atoms with Crippen molar-refractivity contribution in [2.45, 2.75) is 73.0 Å². The Hall–Kier alpha value is -0.570. The fraction of sp³-hybridized carbons (Fsp3) is 0.933. The smallest absolute Gasteiger partial charge is 0.243 e. The van der Waals surface area contributed by atoms with Gasteiger partial charge in [-0.1, -0.05) is 41.5 Å². The van der Waals surface area contributed by atoms with Crippen molar-refractivity contribution in [2.75, 3.05) is 6.54 Å². The van der Waals surface area contributed by atoms with Gasteiger partial charge in [0.15, 0.2) is 0 Å². The normalized spacial score (nSPS) is 29.4. The SMILES string of the molecule is CCC(C)(C)CN1C(=O)C(C)(CC)NC1C(C)C. The summed E-state index contributed by atoms with van der Waals surface area (Å²) < 4.78 is 0. The van der Waals surface area contributed by atoms with E-state index in [0.717, 1.165) is 19.4 Å². The van der Waals surface area contributed by atoms with Crippen LogP contribution in [0.2, 0.25) is 0 Å². The monoisotopic (exact) mass is 254 g/mol. The van der Waals surface area contributed by atoms with Crippen LogP contribution in [0.3, 0.4) is 0 Å². The first-order chi connectivity index (χ1) is 8.17. The van der Waals surface area contributed by atoms with E-state index < -0.39 is 0 Å². The molecule has 18 heavy (non-hydrogen) atoms. The predicted molar refractivity (Wildman–Crippen MR) is 76.2 cm³/mol. The summed E-state index contributed by atoms with van der Waals surface area (Å²) in [6, 6.07) is 0. The minimum Gasteiger partial charge on any atom is -0.325 e. The van der Waals surface area contributed by atoms with Crippen LogP contribution in [0.15, 0.2) is 0 Å². The van der Waals surface area contributed by atoms with E-state index in [9.17, 15) is 4.79 Å².